The zero-order valence-corrected chi connectivity index (χ0v) is 17.5. The summed E-state index contributed by atoms with van der Waals surface area (Å²) in [6, 6.07) is 14.9. The number of fused-ring (bicyclic) bond motifs is 1. The first-order valence-electron chi connectivity index (χ1n) is 9.08. The number of amides is 1. The van der Waals surface area contributed by atoms with E-state index in [9.17, 15) is 9.59 Å². The molecule has 0 fully saturated rings. The number of hydrogen-bond donors (Lipinski definition) is 0. The van der Waals surface area contributed by atoms with E-state index in [-0.39, 0.29) is 11.5 Å². The van der Waals surface area contributed by atoms with Crippen molar-refractivity contribution in [3.05, 3.63) is 80.7 Å². The Balaban J connectivity index is 1.61. The van der Waals surface area contributed by atoms with Crippen molar-refractivity contribution in [3.63, 3.8) is 0 Å². The minimum absolute atomic E-state index is 0.0421. The summed E-state index contributed by atoms with van der Waals surface area (Å²) in [7, 11) is 1.79. The molecule has 3 rings (SSSR count). The first-order valence-corrected chi connectivity index (χ1v) is 10.6. The summed E-state index contributed by atoms with van der Waals surface area (Å²) in [4.78, 5) is 26.0. The van der Waals surface area contributed by atoms with Gasteiger partial charge >= 0.3 is 5.63 Å². The lowest BCUT2D eigenvalue weighted by molar-refractivity contribution is -0.127. The number of carbonyl (C=O) groups excluding carboxylic acids is 1. The molecule has 0 N–H and O–H groups in total. The standard InChI is InChI=1S/C22H22ClNO3S/c1-3-15-6-9-19-17(11-22(26)27-20(19)10-15)13-28-14-21(25)24(2)12-16-4-7-18(23)8-5-16/h4-11H,3,12-14H2,1-2H3. The van der Waals surface area contributed by atoms with Gasteiger partial charge in [0.05, 0.1) is 5.75 Å². The summed E-state index contributed by atoms with van der Waals surface area (Å²) in [5.41, 5.74) is 3.30. The zero-order valence-electron chi connectivity index (χ0n) is 15.9. The normalized spacial score (nSPS) is 11.0. The van der Waals surface area contributed by atoms with Gasteiger partial charge in [-0.25, -0.2) is 4.79 Å². The van der Waals surface area contributed by atoms with Crippen LogP contribution < -0.4 is 5.63 Å². The summed E-state index contributed by atoms with van der Waals surface area (Å²) in [5.74, 6) is 0.966. The minimum Gasteiger partial charge on any atom is -0.423 e. The van der Waals surface area contributed by atoms with Crippen LogP contribution in [0.3, 0.4) is 0 Å². The van der Waals surface area contributed by atoms with E-state index < -0.39 is 0 Å². The van der Waals surface area contributed by atoms with Crippen LogP contribution in [0.2, 0.25) is 5.02 Å². The van der Waals surface area contributed by atoms with E-state index in [1.807, 2.05) is 42.5 Å². The molecule has 0 unspecified atom stereocenters. The second kappa shape index (κ2) is 9.30. The minimum atomic E-state index is -0.359. The molecule has 0 saturated heterocycles. The second-order valence-electron chi connectivity index (χ2n) is 6.64. The highest BCUT2D eigenvalue weighted by molar-refractivity contribution is 7.99. The zero-order chi connectivity index (χ0) is 20.1. The van der Waals surface area contributed by atoms with Gasteiger partial charge in [-0.2, -0.15) is 0 Å². The summed E-state index contributed by atoms with van der Waals surface area (Å²) in [6.07, 6.45) is 0.882. The first-order chi connectivity index (χ1) is 13.5. The topological polar surface area (TPSA) is 50.5 Å². The molecular weight excluding hydrogens is 394 g/mol. The molecule has 146 valence electrons. The third-order valence-electron chi connectivity index (χ3n) is 4.54. The van der Waals surface area contributed by atoms with Gasteiger partial charge in [-0.15, -0.1) is 11.8 Å². The van der Waals surface area contributed by atoms with Gasteiger partial charge in [0.1, 0.15) is 5.58 Å². The molecule has 4 nitrogen and oxygen atoms in total. The Hall–Kier alpha value is -2.24. The Morgan fingerprint density at radius 1 is 1.11 bits per heavy atom. The lowest BCUT2D eigenvalue weighted by atomic mass is 10.1. The van der Waals surface area contributed by atoms with E-state index in [1.54, 1.807) is 11.9 Å². The van der Waals surface area contributed by atoms with Crippen LogP contribution in [0.1, 0.15) is 23.6 Å². The number of hydrogen-bond acceptors (Lipinski definition) is 4. The molecule has 3 aromatic rings. The van der Waals surface area contributed by atoms with E-state index in [4.69, 9.17) is 16.0 Å². The van der Waals surface area contributed by atoms with E-state index in [0.29, 0.717) is 28.7 Å². The lowest BCUT2D eigenvalue weighted by Crippen LogP contribution is -2.27. The highest BCUT2D eigenvalue weighted by Gasteiger charge is 2.11. The fraction of sp³-hybridized carbons (Fsp3) is 0.273. The van der Waals surface area contributed by atoms with E-state index >= 15 is 0 Å². The Morgan fingerprint density at radius 2 is 1.82 bits per heavy atom. The molecule has 1 heterocycles. The molecule has 0 aliphatic heterocycles. The van der Waals surface area contributed by atoms with E-state index in [2.05, 4.69) is 6.92 Å². The molecule has 1 amide bonds. The summed E-state index contributed by atoms with van der Waals surface area (Å²) in [5, 5.41) is 1.60. The summed E-state index contributed by atoms with van der Waals surface area (Å²) < 4.78 is 5.34. The molecule has 0 radical (unpaired) electrons. The van der Waals surface area contributed by atoms with Crippen molar-refractivity contribution in [2.75, 3.05) is 12.8 Å². The van der Waals surface area contributed by atoms with Crippen LogP contribution in [0.5, 0.6) is 0 Å². The van der Waals surface area contributed by atoms with Crippen LogP contribution in [0.25, 0.3) is 11.0 Å². The van der Waals surface area contributed by atoms with Gasteiger partial charge in [0.15, 0.2) is 0 Å². The number of nitrogens with zero attached hydrogens (tertiary/aromatic N) is 1. The SMILES string of the molecule is CCc1ccc2c(CSCC(=O)N(C)Cc3ccc(Cl)cc3)cc(=O)oc2c1. The number of thioether (sulfide) groups is 1. The average molecular weight is 416 g/mol. The van der Waals surface area contributed by atoms with E-state index in [0.717, 1.165) is 28.5 Å². The van der Waals surface area contributed by atoms with Crippen molar-refractivity contribution in [2.24, 2.45) is 0 Å². The van der Waals surface area contributed by atoms with Crippen molar-refractivity contribution in [1.29, 1.82) is 0 Å². The quantitative estimate of drug-likeness (QED) is 0.515. The van der Waals surface area contributed by atoms with Gasteiger partial charge in [-0.3, -0.25) is 4.79 Å². The van der Waals surface area contributed by atoms with Gasteiger partial charge in [0, 0.05) is 35.8 Å². The molecular formula is C22H22ClNO3S. The molecule has 1 aromatic heterocycles. The number of benzene rings is 2. The van der Waals surface area contributed by atoms with Crippen LogP contribution in [0, 0.1) is 0 Å². The molecule has 0 aliphatic rings. The van der Waals surface area contributed by atoms with Crippen molar-refractivity contribution >= 4 is 40.2 Å². The highest BCUT2D eigenvalue weighted by Crippen LogP contribution is 2.23. The smallest absolute Gasteiger partial charge is 0.336 e. The summed E-state index contributed by atoms with van der Waals surface area (Å²) >= 11 is 7.39. The average Bonchev–Trinajstić information content (AvgIpc) is 2.68. The predicted molar refractivity (Wildman–Crippen MR) is 116 cm³/mol. The molecule has 0 atom stereocenters. The van der Waals surface area contributed by atoms with Crippen LogP contribution in [0.15, 0.2) is 57.7 Å². The van der Waals surface area contributed by atoms with Crippen molar-refractivity contribution < 1.29 is 9.21 Å². The van der Waals surface area contributed by atoms with Crippen LogP contribution in [-0.4, -0.2) is 23.6 Å². The number of rotatable bonds is 7. The molecule has 0 bridgehead atoms. The molecule has 2 aromatic carbocycles. The van der Waals surface area contributed by atoms with Crippen LogP contribution in [-0.2, 0) is 23.5 Å². The predicted octanol–water partition coefficient (Wildman–Crippen LogP) is 4.90. The van der Waals surface area contributed by atoms with Gasteiger partial charge < -0.3 is 9.32 Å². The van der Waals surface area contributed by atoms with Crippen molar-refractivity contribution in [1.82, 2.24) is 4.90 Å². The Kier molecular flexibility index (Phi) is 6.81. The van der Waals surface area contributed by atoms with Crippen molar-refractivity contribution in [2.45, 2.75) is 25.6 Å². The number of aryl methyl sites for hydroxylation is 1. The Bertz CT molecular complexity index is 1030. The maximum absolute atomic E-state index is 12.4. The third-order valence-corrected chi connectivity index (χ3v) is 5.76. The maximum Gasteiger partial charge on any atom is 0.336 e. The molecule has 0 aliphatic carbocycles. The molecule has 28 heavy (non-hydrogen) atoms. The van der Waals surface area contributed by atoms with Crippen LogP contribution in [0.4, 0.5) is 0 Å². The Labute approximate surface area is 173 Å². The molecule has 0 saturated carbocycles. The fourth-order valence-electron chi connectivity index (χ4n) is 2.92. The maximum atomic E-state index is 12.4. The molecule has 0 spiro atoms. The van der Waals surface area contributed by atoms with Gasteiger partial charge in [-0.1, -0.05) is 42.8 Å². The lowest BCUT2D eigenvalue weighted by Gasteiger charge is -2.17. The number of halogens is 1. The highest BCUT2D eigenvalue weighted by atomic mass is 35.5. The third kappa shape index (κ3) is 5.18. The Morgan fingerprint density at radius 3 is 2.54 bits per heavy atom. The molecule has 6 heteroatoms. The van der Waals surface area contributed by atoms with Gasteiger partial charge in [-0.05, 0) is 41.3 Å². The number of carbonyl (C=O) groups is 1. The van der Waals surface area contributed by atoms with Gasteiger partial charge in [0.25, 0.3) is 0 Å². The monoisotopic (exact) mass is 415 g/mol. The van der Waals surface area contributed by atoms with E-state index in [1.165, 1.54) is 17.8 Å². The second-order valence-corrected chi connectivity index (χ2v) is 8.07. The van der Waals surface area contributed by atoms with Crippen LogP contribution >= 0.6 is 23.4 Å². The largest absolute Gasteiger partial charge is 0.423 e. The van der Waals surface area contributed by atoms with Crippen molar-refractivity contribution in [3.8, 4) is 0 Å². The first kappa shape index (κ1) is 20.5. The van der Waals surface area contributed by atoms with Gasteiger partial charge in [0.2, 0.25) is 5.91 Å². The fourth-order valence-corrected chi connectivity index (χ4v) is 4.01. The summed E-state index contributed by atoms with van der Waals surface area (Å²) in [6.45, 7) is 2.60.